The van der Waals surface area contributed by atoms with Crippen molar-refractivity contribution in [1.29, 1.82) is 0 Å². The number of aliphatic hydroxyl groups excluding tert-OH is 1. The van der Waals surface area contributed by atoms with E-state index < -0.39 is 59.8 Å². The molecule has 7 atom stereocenters. The van der Waals surface area contributed by atoms with Crippen LogP contribution in [0.2, 0.25) is 0 Å². The Labute approximate surface area is 228 Å². The maximum Gasteiger partial charge on any atom is 0.255 e. The summed E-state index contributed by atoms with van der Waals surface area (Å²) in [6.45, 7) is 6.83. The molecule has 10 nitrogen and oxygen atoms in total. The van der Waals surface area contributed by atoms with E-state index >= 15 is 0 Å². The minimum atomic E-state index is -1.29. The third-order valence-corrected chi connectivity index (χ3v) is 7.35. The SMILES string of the molecule is CCC(C)C1NC(=O)[C@H](C)[C@H](O)[C@H](Cc2ccccc2)NC(=O)[C@@H](NC(=O)c2ccccc2O)[C@@H](C)NC1=O. The van der Waals surface area contributed by atoms with Crippen LogP contribution in [0.3, 0.4) is 0 Å². The lowest BCUT2D eigenvalue weighted by atomic mass is 9.90. The first-order chi connectivity index (χ1) is 18.5. The second-order valence-electron chi connectivity index (χ2n) is 10.2. The average Bonchev–Trinajstić information content (AvgIpc) is 2.92. The van der Waals surface area contributed by atoms with E-state index in [9.17, 15) is 29.4 Å². The molecular formula is C29H38N4O6. The molecule has 2 aromatic carbocycles. The number of phenols is 1. The number of rotatable bonds is 6. The molecule has 1 aliphatic heterocycles. The molecule has 0 aromatic heterocycles. The van der Waals surface area contributed by atoms with Crippen molar-refractivity contribution in [2.45, 2.75) is 70.8 Å². The Morgan fingerprint density at radius 3 is 2.21 bits per heavy atom. The van der Waals surface area contributed by atoms with E-state index in [0.29, 0.717) is 6.42 Å². The van der Waals surface area contributed by atoms with Crippen molar-refractivity contribution in [2.75, 3.05) is 0 Å². The smallest absolute Gasteiger partial charge is 0.255 e. The Balaban J connectivity index is 2.00. The molecule has 4 amide bonds. The first kappa shape index (κ1) is 29.6. The van der Waals surface area contributed by atoms with Crippen molar-refractivity contribution < 1.29 is 29.4 Å². The predicted octanol–water partition coefficient (Wildman–Crippen LogP) is 1.26. The number of carbonyl (C=O) groups excluding carboxylic acids is 4. The molecule has 0 bridgehead atoms. The highest BCUT2D eigenvalue weighted by atomic mass is 16.3. The molecule has 1 fully saturated rings. The van der Waals surface area contributed by atoms with Crippen molar-refractivity contribution in [3.8, 4) is 5.75 Å². The van der Waals surface area contributed by atoms with Crippen molar-refractivity contribution >= 4 is 23.6 Å². The molecule has 210 valence electrons. The van der Waals surface area contributed by atoms with Crippen molar-refractivity contribution in [3.63, 3.8) is 0 Å². The van der Waals surface area contributed by atoms with Crippen LogP contribution < -0.4 is 21.3 Å². The van der Waals surface area contributed by atoms with Crippen LogP contribution in [0.25, 0.3) is 0 Å². The van der Waals surface area contributed by atoms with E-state index in [4.69, 9.17) is 0 Å². The fraction of sp³-hybridized carbons (Fsp3) is 0.448. The topological polar surface area (TPSA) is 157 Å². The zero-order valence-corrected chi connectivity index (χ0v) is 22.7. The Bertz CT molecular complexity index is 1170. The van der Waals surface area contributed by atoms with Crippen LogP contribution >= 0.6 is 0 Å². The molecule has 1 aliphatic rings. The molecule has 0 aliphatic carbocycles. The van der Waals surface area contributed by atoms with Gasteiger partial charge in [0.2, 0.25) is 17.7 Å². The summed E-state index contributed by atoms with van der Waals surface area (Å²) < 4.78 is 0. The number of hydrogen-bond donors (Lipinski definition) is 6. The molecule has 0 spiro atoms. The zero-order chi connectivity index (χ0) is 28.7. The van der Waals surface area contributed by atoms with Crippen molar-refractivity contribution in [2.24, 2.45) is 11.8 Å². The van der Waals surface area contributed by atoms with Crippen LogP contribution in [0.1, 0.15) is 50.0 Å². The van der Waals surface area contributed by atoms with E-state index in [1.807, 2.05) is 44.2 Å². The van der Waals surface area contributed by atoms with Crippen LogP contribution in [-0.2, 0) is 20.8 Å². The van der Waals surface area contributed by atoms with Crippen LogP contribution in [0.15, 0.2) is 54.6 Å². The number of para-hydroxylation sites is 1. The number of aromatic hydroxyl groups is 1. The molecule has 0 saturated carbocycles. The molecule has 3 rings (SSSR count). The third kappa shape index (κ3) is 7.35. The Morgan fingerprint density at radius 1 is 0.923 bits per heavy atom. The van der Waals surface area contributed by atoms with Gasteiger partial charge in [0.25, 0.3) is 5.91 Å². The first-order valence-electron chi connectivity index (χ1n) is 13.2. The normalized spacial score (nSPS) is 27.2. The third-order valence-electron chi connectivity index (χ3n) is 7.35. The number of nitrogens with one attached hydrogen (secondary N) is 4. The Hall–Kier alpha value is -3.92. The molecule has 39 heavy (non-hydrogen) atoms. The Morgan fingerprint density at radius 2 is 1.56 bits per heavy atom. The lowest BCUT2D eigenvalue weighted by Crippen LogP contribution is -2.64. The van der Waals surface area contributed by atoms with E-state index in [1.165, 1.54) is 12.1 Å². The maximum absolute atomic E-state index is 13.7. The van der Waals surface area contributed by atoms with Crippen LogP contribution in [0, 0.1) is 11.8 Å². The fourth-order valence-electron chi connectivity index (χ4n) is 4.59. The van der Waals surface area contributed by atoms with Gasteiger partial charge in [-0.1, -0.05) is 69.7 Å². The van der Waals surface area contributed by atoms with Crippen LogP contribution in [0.5, 0.6) is 5.75 Å². The van der Waals surface area contributed by atoms with Gasteiger partial charge < -0.3 is 31.5 Å². The summed E-state index contributed by atoms with van der Waals surface area (Å²) in [7, 11) is 0. The van der Waals surface area contributed by atoms with Gasteiger partial charge in [-0.15, -0.1) is 0 Å². The highest BCUT2D eigenvalue weighted by Gasteiger charge is 2.39. The monoisotopic (exact) mass is 538 g/mol. The molecule has 1 heterocycles. The van der Waals surface area contributed by atoms with Gasteiger partial charge in [-0.05, 0) is 37.0 Å². The molecule has 2 aromatic rings. The summed E-state index contributed by atoms with van der Waals surface area (Å²) in [4.78, 5) is 53.1. The van der Waals surface area contributed by atoms with Crippen molar-refractivity contribution in [3.05, 3.63) is 65.7 Å². The summed E-state index contributed by atoms with van der Waals surface area (Å²) in [6, 6.07) is 11.2. The largest absolute Gasteiger partial charge is 0.507 e. The Kier molecular flexibility index (Phi) is 10.1. The van der Waals surface area contributed by atoms with Gasteiger partial charge in [0.1, 0.15) is 17.8 Å². The lowest BCUT2D eigenvalue weighted by molar-refractivity contribution is -0.137. The summed E-state index contributed by atoms with van der Waals surface area (Å²) >= 11 is 0. The fourth-order valence-corrected chi connectivity index (χ4v) is 4.59. The van der Waals surface area contributed by atoms with E-state index in [-0.39, 0.29) is 23.7 Å². The van der Waals surface area contributed by atoms with E-state index in [1.54, 1.807) is 26.0 Å². The number of hydrogen-bond acceptors (Lipinski definition) is 6. The van der Waals surface area contributed by atoms with Gasteiger partial charge in [0.15, 0.2) is 0 Å². The van der Waals surface area contributed by atoms with Crippen molar-refractivity contribution in [1.82, 2.24) is 21.3 Å². The van der Waals surface area contributed by atoms with Gasteiger partial charge in [-0.3, -0.25) is 19.2 Å². The van der Waals surface area contributed by atoms with E-state index in [2.05, 4.69) is 21.3 Å². The summed E-state index contributed by atoms with van der Waals surface area (Å²) in [5.74, 6) is -3.83. The lowest BCUT2D eigenvalue weighted by Gasteiger charge is -2.35. The molecule has 1 saturated heterocycles. The molecule has 6 N–H and O–H groups in total. The zero-order valence-electron chi connectivity index (χ0n) is 22.7. The maximum atomic E-state index is 13.7. The summed E-state index contributed by atoms with van der Waals surface area (Å²) in [6.07, 6.45) is -0.478. The molecule has 0 radical (unpaired) electrons. The number of carbonyl (C=O) groups is 4. The summed E-state index contributed by atoms with van der Waals surface area (Å²) in [5, 5.41) is 32.4. The summed E-state index contributed by atoms with van der Waals surface area (Å²) in [5.41, 5.74) is 0.796. The van der Waals surface area contributed by atoms with Gasteiger partial charge in [0, 0.05) is 0 Å². The number of benzene rings is 2. The highest BCUT2D eigenvalue weighted by Crippen LogP contribution is 2.18. The number of amides is 4. The molecular weight excluding hydrogens is 500 g/mol. The van der Waals surface area contributed by atoms with Gasteiger partial charge in [-0.2, -0.15) is 0 Å². The second kappa shape index (κ2) is 13.2. The molecule has 2 unspecified atom stereocenters. The minimum absolute atomic E-state index is 0.0332. The van der Waals surface area contributed by atoms with Crippen LogP contribution in [-0.4, -0.2) is 64.1 Å². The predicted molar refractivity (Wildman–Crippen MR) is 146 cm³/mol. The molecule has 10 heteroatoms. The van der Waals surface area contributed by atoms with Gasteiger partial charge in [0.05, 0.1) is 29.7 Å². The average molecular weight is 539 g/mol. The minimum Gasteiger partial charge on any atom is -0.507 e. The first-order valence-corrected chi connectivity index (χ1v) is 13.2. The quantitative estimate of drug-likeness (QED) is 0.325. The van der Waals surface area contributed by atoms with Crippen LogP contribution in [0.4, 0.5) is 0 Å². The van der Waals surface area contributed by atoms with E-state index in [0.717, 1.165) is 5.56 Å². The number of phenolic OH excluding ortho intramolecular Hbond substituents is 1. The number of aliphatic hydroxyl groups is 1. The second-order valence-corrected chi connectivity index (χ2v) is 10.2. The standard InChI is InChI=1S/C29H38N4O6/c1-5-16(2)23-28(38)30-18(4)24(33-27(37)20-13-9-10-14-22(20)34)29(39)31-21(15-19-11-7-6-8-12-19)25(35)17(3)26(36)32-23/h6-14,16-18,21,23-25,34-35H,5,15H2,1-4H3,(H,30,38)(H,31,39)(H,32,36)(H,33,37)/t16?,17-,18-,21+,23?,24+,25+/m1/s1. The van der Waals surface area contributed by atoms with Gasteiger partial charge in [-0.25, -0.2) is 0 Å². The highest BCUT2D eigenvalue weighted by molar-refractivity contribution is 6.00. The van der Waals surface area contributed by atoms with Gasteiger partial charge >= 0.3 is 0 Å².